The van der Waals surface area contributed by atoms with Gasteiger partial charge in [-0.1, -0.05) is 31.2 Å². The third kappa shape index (κ3) is 12.3. The van der Waals surface area contributed by atoms with E-state index in [9.17, 15) is 18.8 Å². The van der Waals surface area contributed by atoms with Gasteiger partial charge in [0.2, 0.25) is 5.91 Å². The summed E-state index contributed by atoms with van der Waals surface area (Å²) in [5, 5.41) is 32.5. The first-order valence-electron chi connectivity index (χ1n) is 15.6. The number of halogens is 1. The smallest absolute Gasteiger partial charge is 0.335 e. The SMILES string of the molecule is CCCOc1ccc(CC(=O)N(Cc2ccc(F)cc2)C2CCN(CCC3OCCCO3)CC2)cc1.O=C(O)C(O)C(O)C(=O)O. The summed E-state index contributed by atoms with van der Waals surface area (Å²) in [5.41, 5.74) is 1.92. The van der Waals surface area contributed by atoms with Crippen molar-refractivity contribution in [2.45, 2.75) is 76.5 Å². The number of aliphatic hydroxyl groups excluding tert-OH is 2. The van der Waals surface area contributed by atoms with Crippen molar-refractivity contribution in [3.8, 4) is 5.75 Å². The normalized spacial score (nSPS) is 17.3. The fourth-order valence-corrected chi connectivity index (χ4v) is 5.12. The summed E-state index contributed by atoms with van der Waals surface area (Å²) in [6, 6.07) is 14.4. The number of nitrogens with zero attached hydrogens (tertiary/aromatic N) is 2. The van der Waals surface area contributed by atoms with Gasteiger partial charge in [-0.15, -0.1) is 0 Å². The molecular formula is C33H45FN2O10. The van der Waals surface area contributed by atoms with Gasteiger partial charge >= 0.3 is 11.9 Å². The first-order valence-corrected chi connectivity index (χ1v) is 15.6. The average molecular weight is 649 g/mol. The molecule has 254 valence electrons. The molecule has 1 amide bonds. The summed E-state index contributed by atoms with van der Waals surface area (Å²) in [6.45, 7) is 7.63. The predicted molar refractivity (Wildman–Crippen MR) is 165 cm³/mol. The van der Waals surface area contributed by atoms with Crippen LogP contribution in [0.15, 0.2) is 48.5 Å². The van der Waals surface area contributed by atoms with E-state index in [1.165, 1.54) is 12.1 Å². The lowest BCUT2D eigenvalue weighted by Gasteiger charge is -2.39. The van der Waals surface area contributed by atoms with Crippen LogP contribution in [0.3, 0.4) is 0 Å². The quantitative estimate of drug-likeness (QED) is 0.238. The van der Waals surface area contributed by atoms with E-state index in [0.29, 0.717) is 19.6 Å². The van der Waals surface area contributed by atoms with Gasteiger partial charge in [0, 0.05) is 38.6 Å². The highest BCUT2D eigenvalue weighted by atomic mass is 19.1. The van der Waals surface area contributed by atoms with Crippen LogP contribution in [0, 0.1) is 5.82 Å². The van der Waals surface area contributed by atoms with Crippen molar-refractivity contribution in [1.29, 1.82) is 0 Å². The van der Waals surface area contributed by atoms with E-state index >= 15 is 0 Å². The molecule has 0 spiro atoms. The number of hydrogen-bond donors (Lipinski definition) is 4. The molecule has 2 aromatic rings. The number of benzene rings is 2. The molecule has 2 saturated heterocycles. The van der Waals surface area contributed by atoms with Gasteiger partial charge in [-0.05, 0) is 61.1 Å². The van der Waals surface area contributed by atoms with E-state index in [2.05, 4.69) is 11.8 Å². The van der Waals surface area contributed by atoms with Gasteiger partial charge in [-0.3, -0.25) is 4.79 Å². The Morgan fingerprint density at radius 1 is 0.935 bits per heavy atom. The van der Waals surface area contributed by atoms with E-state index in [1.54, 1.807) is 12.1 Å². The largest absolute Gasteiger partial charge is 0.494 e. The Balaban J connectivity index is 0.000000498. The molecule has 2 aromatic carbocycles. The monoisotopic (exact) mass is 648 g/mol. The molecule has 0 saturated carbocycles. The van der Waals surface area contributed by atoms with Crippen molar-refractivity contribution in [3.05, 3.63) is 65.5 Å². The van der Waals surface area contributed by atoms with Crippen LogP contribution in [0.5, 0.6) is 5.75 Å². The van der Waals surface area contributed by atoms with Gasteiger partial charge < -0.3 is 44.4 Å². The number of amides is 1. The lowest BCUT2D eigenvalue weighted by atomic mass is 10.0. The molecule has 2 aliphatic heterocycles. The van der Waals surface area contributed by atoms with Gasteiger partial charge in [-0.2, -0.15) is 0 Å². The van der Waals surface area contributed by atoms with Gasteiger partial charge in [0.1, 0.15) is 11.6 Å². The second kappa shape index (κ2) is 19.1. The number of carboxylic acids is 2. The molecule has 0 aromatic heterocycles. The third-order valence-electron chi connectivity index (χ3n) is 7.72. The van der Waals surface area contributed by atoms with Crippen LogP contribution in [-0.4, -0.2) is 112 Å². The summed E-state index contributed by atoms with van der Waals surface area (Å²) in [7, 11) is 0. The molecule has 2 unspecified atom stereocenters. The highest BCUT2D eigenvalue weighted by molar-refractivity contribution is 5.83. The number of hydrogen-bond acceptors (Lipinski definition) is 9. The first kappa shape index (κ1) is 36.8. The van der Waals surface area contributed by atoms with Crippen LogP contribution in [-0.2, 0) is 36.8 Å². The molecule has 0 aliphatic carbocycles. The number of carbonyl (C=O) groups is 3. The number of likely N-dealkylation sites (tertiary alicyclic amines) is 1. The summed E-state index contributed by atoms with van der Waals surface area (Å²) >= 11 is 0. The van der Waals surface area contributed by atoms with E-state index in [4.69, 9.17) is 34.6 Å². The molecule has 13 heteroatoms. The molecule has 12 nitrogen and oxygen atoms in total. The Morgan fingerprint density at radius 2 is 1.50 bits per heavy atom. The van der Waals surface area contributed by atoms with Crippen LogP contribution < -0.4 is 4.74 Å². The molecule has 2 aliphatic rings. The predicted octanol–water partition coefficient (Wildman–Crippen LogP) is 2.68. The lowest BCUT2D eigenvalue weighted by Crippen LogP contribution is -2.48. The average Bonchev–Trinajstić information content (AvgIpc) is 3.07. The minimum Gasteiger partial charge on any atom is -0.494 e. The topological polar surface area (TPSA) is 166 Å². The molecule has 2 atom stereocenters. The fraction of sp³-hybridized carbons (Fsp3) is 0.545. The zero-order valence-electron chi connectivity index (χ0n) is 26.1. The zero-order valence-corrected chi connectivity index (χ0v) is 26.1. The maximum Gasteiger partial charge on any atom is 0.335 e. The molecule has 0 radical (unpaired) electrons. The van der Waals surface area contributed by atoms with Gasteiger partial charge in [-0.25, -0.2) is 14.0 Å². The maximum atomic E-state index is 13.5. The Morgan fingerprint density at radius 3 is 2.04 bits per heavy atom. The van der Waals surface area contributed by atoms with Crippen LogP contribution in [0.4, 0.5) is 4.39 Å². The summed E-state index contributed by atoms with van der Waals surface area (Å²) < 4.78 is 30.5. The van der Waals surface area contributed by atoms with Crippen molar-refractivity contribution in [2.24, 2.45) is 0 Å². The van der Waals surface area contributed by atoms with Crippen molar-refractivity contribution >= 4 is 17.8 Å². The summed E-state index contributed by atoms with van der Waals surface area (Å²) in [5.74, 6) is -2.87. The molecule has 46 heavy (non-hydrogen) atoms. The van der Waals surface area contributed by atoms with Crippen LogP contribution >= 0.6 is 0 Å². The standard InChI is InChI=1S/C29H39FN2O4.C4H6O6/c1-2-18-34-27-10-6-23(7-11-27)21-28(33)32(22-24-4-8-25(30)9-5-24)26-12-15-31(16-13-26)17-14-29-35-19-3-20-36-29;5-1(3(7)8)2(6)4(9)10/h4-11,26,29H,2-3,12-22H2,1H3;1-2,5-6H,(H,7,8)(H,9,10). The molecule has 2 heterocycles. The first-order chi connectivity index (χ1) is 22.1. The van der Waals surface area contributed by atoms with E-state index < -0.39 is 24.1 Å². The number of aliphatic carboxylic acids is 2. The highest BCUT2D eigenvalue weighted by Crippen LogP contribution is 2.22. The number of carboxylic acid groups (broad SMARTS) is 2. The van der Waals surface area contributed by atoms with Crippen molar-refractivity contribution in [3.63, 3.8) is 0 Å². The van der Waals surface area contributed by atoms with Crippen molar-refractivity contribution in [1.82, 2.24) is 9.80 Å². The number of carbonyl (C=O) groups excluding carboxylic acids is 1. The summed E-state index contributed by atoms with van der Waals surface area (Å²) in [4.78, 5) is 37.5. The van der Waals surface area contributed by atoms with Crippen molar-refractivity contribution in [2.75, 3.05) is 39.5 Å². The second-order valence-corrected chi connectivity index (χ2v) is 11.3. The van der Waals surface area contributed by atoms with Gasteiger partial charge in [0.15, 0.2) is 18.5 Å². The number of ether oxygens (including phenoxy) is 3. The van der Waals surface area contributed by atoms with E-state index in [0.717, 1.165) is 81.8 Å². The van der Waals surface area contributed by atoms with E-state index in [-0.39, 0.29) is 24.1 Å². The maximum absolute atomic E-state index is 13.5. The minimum atomic E-state index is -2.27. The van der Waals surface area contributed by atoms with Gasteiger partial charge in [0.05, 0.1) is 26.2 Å². The Bertz CT molecular complexity index is 1200. The Hall–Kier alpha value is -3.62. The number of aliphatic hydroxyl groups is 2. The number of rotatable bonds is 14. The van der Waals surface area contributed by atoms with Crippen LogP contribution in [0.2, 0.25) is 0 Å². The van der Waals surface area contributed by atoms with Crippen molar-refractivity contribution < 1.29 is 53.4 Å². The third-order valence-corrected chi connectivity index (χ3v) is 7.72. The second-order valence-electron chi connectivity index (χ2n) is 11.3. The lowest BCUT2D eigenvalue weighted by molar-refractivity contribution is -0.183. The zero-order chi connectivity index (χ0) is 33.5. The highest BCUT2D eigenvalue weighted by Gasteiger charge is 2.30. The summed E-state index contributed by atoms with van der Waals surface area (Å²) in [6.07, 6.45) is 0.358. The molecule has 4 rings (SSSR count). The van der Waals surface area contributed by atoms with Gasteiger partial charge in [0.25, 0.3) is 0 Å². The van der Waals surface area contributed by atoms with Crippen LogP contribution in [0.1, 0.15) is 50.2 Å². The Kier molecular flexibility index (Phi) is 15.3. The minimum absolute atomic E-state index is 0.0909. The Labute approximate surface area is 268 Å². The molecule has 0 bridgehead atoms. The molecule has 2 fully saturated rings. The molecule has 4 N–H and O–H groups in total. The molecular weight excluding hydrogens is 603 g/mol. The van der Waals surface area contributed by atoms with Crippen LogP contribution in [0.25, 0.3) is 0 Å². The van der Waals surface area contributed by atoms with E-state index in [1.807, 2.05) is 29.2 Å². The number of piperidine rings is 1. The fourth-order valence-electron chi connectivity index (χ4n) is 5.12.